The minimum atomic E-state index is 0. The zero-order valence-electron chi connectivity index (χ0n) is 17.9. The van der Waals surface area contributed by atoms with Gasteiger partial charge in [0.1, 0.15) is 26.4 Å². The molecule has 0 saturated carbocycles. The largest absolute Gasteiger partial charge is 1.00 e. The maximum absolute atomic E-state index is 5.96. The number of benzene rings is 2. The van der Waals surface area contributed by atoms with E-state index in [4.69, 9.17) is 18.9 Å². The lowest BCUT2D eigenvalue weighted by molar-refractivity contribution is -0.891. The SMILES string of the molecule is CCOc1ccccc1OCCN1CC[NH+](CCOc2ccccc2OCC)C1.[Br-]. The summed E-state index contributed by atoms with van der Waals surface area (Å²) >= 11 is 0. The van der Waals surface area contributed by atoms with Crippen molar-refractivity contribution >= 4 is 0 Å². The van der Waals surface area contributed by atoms with Crippen LogP contribution in [-0.4, -0.2) is 64.2 Å². The number of nitrogens with one attached hydrogen (secondary N) is 1. The average Bonchev–Trinajstić information content (AvgIpc) is 3.19. The summed E-state index contributed by atoms with van der Waals surface area (Å²) in [5.74, 6) is 3.27. The van der Waals surface area contributed by atoms with Crippen LogP contribution in [0.2, 0.25) is 0 Å². The number of para-hydroxylation sites is 4. The van der Waals surface area contributed by atoms with E-state index in [0.29, 0.717) is 26.4 Å². The highest BCUT2D eigenvalue weighted by molar-refractivity contribution is 5.40. The lowest BCUT2D eigenvalue weighted by Gasteiger charge is -2.17. The van der Waals surface area contributed by atoms with Gasteiger partial charge in [0.25, 0.3) is 0 Å². The summed E-state index contributed by atoms with van der Waals surface area (Å²) in [6.07, 6.45) is 0. The van der Waals surface area contributed by atoms with E-state index in [0.717, 1.165) is 55.8 Å². The molecule has 0 amide bonds. The average molecular weight is 481 g/mol. The van der Waals surface area contributed by atoms with Gasteiger partial charge in [-0.05, 0) is 38.1 Å². The van der Waals surface area contributed by atoms with Gasteiger partial charge in [-0.25, -0.2) is 4.90 Å². The summed E-state index contributed by atoms with van der Waals surface area (Å²) in [4.78, 5) is 3.97. The molecule has 1 aliphatic rings. The molecule has 2 aromatic rings. The van der Waals surface area contributed by atoms with Crippen LogP contribution in [0.3, 0.4) is 0 Å². The molecule has 6 nitrogen and oxygen atoms in total. The Kier molecular flexibility index (Phi) is 10.8. The standard InChI is InChI=1S/C23H32N2O4.BrH/c1-3-26-20-9-5-7-11-22(20)28-17-15-24-13-14-25(19-24)16-18-29-23-12-8-6-10-21(23)27-4-2;/h5-12H,3-4,13-19H2,1-2H3;1H. The van der Waals surface area contributed by atoms with Gasteiger partial charge in [-0.3, -0.25) is 0 Å². The van der Waals surface area contributed by atoms with Crippen molar-refractivity contribution in [3.8, 4) is 23.0 Å². The summed E-state index contributed by atoms with van der Waals surface area (Å²) in [5.41, 5.74) is 0. The van der Waals surface area contributed by atoms with Gasteiger partial charge in [0.15, 0.2) is 23.0 Å². The molecule has 2 aromatic carbocycles. The number of quaternary nitrogens is 1. The summed E-state index contributed by atoms with van der Waals surface area (Å²) in [5, 5.41) is 0. The van der Waals surface area contributed by atoms with Crippen molar-refractivity contribution in [2.75, 3.05) is 59.3 Å². The van der Waals surface area contributed by atoms with Crippen LogP contribution in [0, 0.1) is 0 Å². The predicted molar refractivity (Wildman–Crippen MR) is 113 cm³/mol. The van der Waals surface area contributed by atoms with Crippen molar-refractivity contribution in [2.24, 2.45) is 0 Å². The van der Waals surface area contributed by atoms with Gasteiger partial charge in [0, 0.05) is 6.54 Å². The second-order valence-corrected chi connectivity index (χ2v) is 6.98. The van der Waals surface area contributed by atoms with Crippen LogP contribution in [0.1, 0.15) is 13.8 Å². The lowest BCUT2D eigenvalue weighted by Crippen LogP contribution is -3.11. The molecule has 1 saturated heterocycles. The van der Waals surface area contributed by atoms with E-state index in [2.05, 4.69) is 4.90 Å². The van der Waals surface area contributed by atoms with Crippen LogP contribution in [0.5, 0.6) is 23.0 Å². The molecule has 7 heteroatoms. The Bertz CT molecular complexity index is 685. The highest BCUT2D eigenvalue weighted by Crippen LogP contribution is 2.26. The number of ether oxygens (including phenoxy) is 4. The molecule has 30 heavy (non-hydrogen) atoms. The Morgan fingerprint density at radius 2 is 1.27 bits per heavy atom. The second kappa shape index (κ2) is 13.4. The topological polar surface area (TPSA) is 44.6 Å². The van der Waals surface area contributed by atoms with Crippen LogP contribution < -0.4 is 40.8 Å². The van der Waals surface area contributed by atoms with Crippen molar-refractivity contribution in [1.82, 2.24) is 4.90 Å². The summed E-state index contributed by atoms with van der Waals surface area (Å²) in [6, 6.07) is 15.7. The normalized spacial score (nSPS) is 16.0. The first-order valence-corrected chi connectivity index (χ1v) is 10.5. The van der Waals surface area contributed by atoms with E-state index < -0.39 is 0 Å². The highest BCUT2D eigenvalue weighted by atomic mass is 79.9. The van der Waals surface area contributed by atoms with E-state index in [-0.39, 0.29) is 17.0 Å². The van der Waals surface area contributed by atoms with Gasteiger partial charge in [-0.15, -0.1) is 0 Å². The van der Waals surface area contributed by atoms with Crippen LogP contribution in [0.4, 0.5) is 0 Å². The molecule has 1 aliphatic heterocycles. The molecule has 166 valence electrons. The fourth-order valence-corrected chi connectivity index (χ4v) is 3.46. The fourth-order valence-electron chi connectivity index (χ4n) is 3.46. The number of nitrogens with zero attached hydrogens (tertiary/aromatic N) is 1. The number of hydrogen-bond acceptors (Lipinski definition) is 5. The first-order chi connectivity index (χ1) is 14.3. The Morgan fingerprint density at radius 3 is 1.80 bits per heavy atom. The van der Waals surface area contributed by atoms with Crippen LogP contribution in [0.15, 0.2) is 48.5 Å². The van der Waals surface area contributed by atoms with Gasteiger partial charge in [-0.1, -0.05) is 24.3 Å². The Balaban J connectivity index is 0.00000320. The molecule has 0 spiro atoms. The van der Waals surface area contributed by atoms with E-state index in [1.807, 2.05) is 62.4 Å². The molecule has 0 radical (unpaired) electrons. The lowest BCUT2D eigenvalue weighted by atomic mass is 10.3. The maximum atomic E-state index is 5.96. The molecule has 1 heterocycles. The first-order valence-electron chi connectivity index (χ1n) is 10.5. The molecule has 0 aromatic heterocycles. The number of hydrogen-bond donors (Lipinski definition) is 1. The van der Waals surface area contributed by atoms with E-state index in [1.54, 1.807) is 0 Å². The second-order valence-electron chi connectivity index (χ2n) is 6.98. The third-order valence-corrected chi connectivity index (χ3v) is 4.91. The van der Waals surface area contributed by atoms with Gasteiger partial charge in [0.05, 0.1) is 26.3 Å². The van der Waals surface area contributed by atoms with E-state index >= 15 is 0 Å². The minimum Gasteiger partial charge on any atom is -1.00 e. The van der Waals surface area contributed by atoms with E-state index in [1.165, 1.54) is 4.90 Å². The zero-order chi connectivity index (χ0) is 20.3. The van der Waals surface area contributed by atoms with Crippen molar-refractivity contribution in [1.29, 1.82) is 0 Å². The van der Waals surface area contributed by atoms with E-state index in [9.17, 15) is 0 Å². The third-order valence-electron chi connectivity index (χ3n) is 4.91. The summed E-state index contributed by atoms with van der Waals surface area (Å²) in [6.45, 7) is 11.7. The molecule has 3 rings (SSSR count). The summed E-state index contributed by atoms with van der Waals surface area (Å²) in [7, 11) is 0. The molecular formula is C23H33BrN2O4. The number of rotatable bonds is 12. The zero-order valence-corrected chi connectivity index (χ0v) is 19.5. The molecule has 1 unspecified atom stereocenters. The quantitative estimate of drug-likeness (QED) is 0.426. The third kappa shape index (κ3) is 7.38. The number of halogens is 1. The smallest absolute Gasteiger partial charge is 0.161 e. The van der Waals surface area contributed by atoms with Gasteiger partial charge in [-0.2, -0.15) is 0 Å². The Morgan fingerprint density at radius 1 is 0.767 bits per heavy atom. The molecule has 0 bridgehead atoms. The van der Waals surface area contributed by atoms with Crippen molar-refractivity contribution in [3.05, 3.63) is 48.5 Å². The first kappa shape index (κ1) is 24.3. The van der Waals surface area contributed by atoms with Gasteiger partial charge in [0.2, 0.25) is 0 Å². The summed E-state index contributed by atoms with van der Waals surface area (Å²) < 4.78 is 23.1. The van der Waals surface area contributed by atoms with Gasteiger partial charge >= 0.3 is 0 Å². The van der Waals surface area contributed by atoms with Crippen molar-refractivity contribution in [2.45, 2.75) is 13.8 Å². The van der Waals surface area contributed by atoms with Crippen molar-refractivity contribution in [3.63, 3.8) is 0 Å². The Labute approximate surface area is 190 Å². The van der Waals surface area contributed by atoms with Crippen LogP contribution >= 0.6 is 0 Å². The monoisotopic (exact) mass is 480 g/mol. The molecule has 1 fully saturated rings. The molecule has 1 atom stereocenters. The van der Waals surface area contributed by atoms with Crippen LogP contribution in [0.25, 0.3) is 0 Å². The predicted octanol–water partition coefficient (Wildman–Crippen LogP) is -0.896. The molecule has 0 aliphatic carbocycles. The maximum Gasteiger partial charge on any atom is 0.161 e. The highest BCUT2D eigenvalue weighted by Gasteiger charge is 2.23. The van der Waals surface area contributed by atoms with Gasteiger partial charge < -0.3 is 40.8 Å². The fraction of sp³-hybridized carbons (Fsp3) is 0.478. The van der Waals surface area contributed by atoms with Crippen molar-refractivity contribution < 1.29 is 40.8 Å². The van der Waals surface area contributed by atoms with Crippen LogP contribution in [-0.2, 0) is 0 Å². The molecule has 1 N–H and O–H groups in total. The Hall–Kier alpha value is -1.96. The molecular weight excluding hydrogens is 448 g/mol. The minimum absolute atomic E-state index is 0.